The Morgan fingerprint density at radius 2 is 0.767 bits per heavy atom. The van der Waals surface area contributed by atoms with Gasteiger partial charge in [-0.25, -0.2) is 9.97 Å². The third-order valence-electron chi connectivity index (χ3n) is 12.4. The van der Waals surface area contributed by atoms with Gasteiger partial charge in [0.2, 0.25) is 0 Å². The zero-order chi connectivity index (χ0) is 40.0. The van der Waals surface area contributed by atoms with Crippen molar-refractivity contribution in [2.45, 2.75) is 12.3 Å². The number of hydrogen-bond acceptors (Lipinski definition) is 2. The van der Waals surface area contributed by atoms with Crippen molar-refractivity contribution in [1.29, 1.82) is 0 Å². The van der Waals surface area contributed by atoms with Gasteiger partial charge in [0.15, 0.2) is 5.82 Å². The van der Waals surface area contributed by atoms with Crippen molar-refractivity contribution >= 4 is 10.8 Å². The highest BCUT2D eigenvalue weighted by Gasteiger charge is 2.40. The van der Waals surface area contributed by atoms with Gasteiger partial charge in [-0.15, -0.1) is 0 Å². The predicted octanol–water partition coefficient (Wildman–Crippen LogP) is 15.0. The Balaban J connectivity index is 0.993. The SMILES string of the molecule is CC1(c2ccccc2)c2ccccc2-c2ccc(-c3ccc(-c4ccc(-c5cc(-c6ccccc6-c6ccccc6)nc(-c6ccccc6)n5)c5ccccc45)cc3)cc21. The van der Waals surface area contributed by atoms with E-state index in [1.54, 1.807) is 0 Å². The molecule has 0 aliphatic heterocycles. The quantitative estimate of drug-likeness (QED) is 0.162. The van der Waals surface area contributed by atoms with Crippen LogP contribution >= 0.6 is 0 Å². The first-order valence-corrected chi connectivity index (χ1v) is 20.7. The van der Waals surface area contributed by atoms with Crippen molar-refractivity contribution < 1.29 is 0 Å². The second-order valence-electron chi connectivity index (χ2n) is 15.8. The van der Waals surface area contributed by atoms with Gasteiger partial charge in [-0.2, -0.15) is 0 Å². The van der Waals surface area contributed by atoms with Crippen LogP contribution in [0.4, 0.5) is 0 Å². The minimum absolute atomic E-state index is 0.235. The van der Waals surface area contributed by atoms with E-state index in [0.29, 0.717) is 5.82 Å². The Kier molecular flexibility index (Phi) is 8.64. The number of fused-ring (bicyclic) bond motifs is 4. The molecule has 0 bridgehead atoms. The molecule has 1 heterocycles. The summed E-state index contributed by atoms with van der Waals surface area (Å²) in [5, 5.41) is 2.33. The first-order valence-electron chi connectivity index (χ1n) is 20.7. The summed E-state index contributed by atoms with van der Waals surface area (Å²) in [4.78, 5) is 10.5. The average Bonchev–Trinajstić information content (AvgIpc) is 3.59. The lowest BCUT2D eigenvalue weighted by Gasteiger charge is -2.28. The lowest BCUT2D eigenvalue weighted by molar-refractivity contribution is 0.714. The van der Waals surface area contributed by atoms with E-state index in [0.717, 1.165) is 44.6 Å². The second kappa shape index (κ2) is 14.6. The summed E-state index contributed by atoms with van der Waals surface area (Å²) in [5.74, 6) is 0.703. The van der Waals surface area contributed by atoms with Crippen molar-refractivity contribution in [3.05, 3.63) is 241 Å². The summed E-state index contributed by atoms with van der Waals surface area (Å²) in [6.07, 6.45) is 0. The summed E-state index contributed by atoms with van der Waals surface area (Å²) in [6, 6.07) is 80.6. The molecule has 0 radical (unpaired) electrons. The molecule has 0 saturated heterocycles. The molecule has 9 aromatic carbocycles. The van der Waals surface area contributed by atoms with Crippen LogP contribution in [-0.4, -0.2) is 9.97 Å². The van der Waals surface area contributed by atoms with E-state index in [1.165, 1.54) is 55.5 Å². The average molecular weight is 765 g/mol. The maximum absolute atomic E-state index is 5.26. The molecule has 2 heteroatoms. The fourth-order valence-corrected chi connectivity index (χ4v) is 9.39. The third kappa shape index (κ3) is 5.96. The van der Waals surface area contributed by atoms with E-state index in [1.807, 2.05) is 18.2 Å². The molecular formula is C58H40N2. The lowest BCUT2D eigenvalue weighted by atomic mass is 9.74. The minimum Gasteiger partial charge on any atom is -0.228 e. The monoisotopic (exact) mass is 764 g/mol. The van der Waals surface area contributed by atoms with Crippen molar-refractivity contribution in [3.63, 3.8) is 0 Å². The van der Waals surface area contributed by atoms with Gasteiger partial charge in [0, 0.05) is 22.1 Å². The molecule has 0 fully saturated rings. The number of hydrogen-bond donors (Lipinski definition) is 0. The Hall–Kier alpha value is -7.68. The Labute approximate surface area is 351 Å². The number of nitrogens with zero attached hydrogens (tertiary/aromatic N) is 2. The van der Waals surface area contributed by atoms with Gasteiger partial charge < -0.3 is 0 Å². The summed E-state index contributed by atoms with van der Waals surface area (Å²) >= 11 is 0. The number of benzene rings is 9. The highest BCUT2D eigenvalue weighted by Crippen LogP contribution is 2.53. The van der Waals surface area contributed by atoms with Crippen LogP contribution in [0.5, 0.6) is 0 Å². The highest BCUT2D eigenvalue weighted by atomic mass is 14.9. The molecule has 0 N–H and O–H groups in total. The summed E-state index contributed by atoms with van der Waals surface area (Å²) in [7, 11) is 0. The van der Waals surface area contributed by atoms with E-state index < -0.39 is 0 Å². The van der Waals surface area contributed by atoms with Gasteiger partial charge in [0.1, 0.15) is 0 Å². The van der Waals surface area contributed by atoms with Crippen LogP contribution in [0.3, 0.4) is 0 Å². The van der Waals surface area contributed by atoms with Crippen LogP contribution in [-0.2, 0) is 5.41 Å². The normalized spacial score (nSPS) is 14.2. The van der Waals surface area contributed by atoms with E-state index in [2.05, 4.69) is 213 Å². The van der Waals surface area contributed by atoms with Gasteiger partial charge in [0.05, 0.1) is 11.4 Å². The lowest BCUT2D eigenvalue weighted by Crippen LogP contribution is -2.22. The van der Waals surface area contributed by atoms with Gasteiger partial charge in [-0.3, -0.25) is 0 Å². The first-order chi connectivity index (χ1) is 29.6. The summed E-state index contributed by atoms with van der Waals surface area (Å²) in [6.45, 7) is 2.38. The Morgan fingerprint density at radius 1 is 0.300 bits per heavy atom. The molecule has 0 saturated carbocycles. The van der Waals surface area contributed by atoms with Crippen molar-refractivity contribution in [2.75, 3.05) is 0 Å². The second-order valence-corrected chi connectivity index (χ2v) is 15.8. The molecule has 60 heavy (non-hydrogen) atoms. The smallest absolute Gasteiger partial charge is 0.160 e. The maximum Gasteiger partial charge on any atom is 0.160 e. The molecule has 282 valence electrons. The van der Waals surface area contributed by atoms with E-state index in [9.17, 15) is 0 Å². The van der Waals surface area contributed by atoms with Crippen LogP contribution < -0.4 is 0 Å². The molecule has 11 rings (SSSR count). The molecule has 2 nitrogen and oxygen atoms in total. The van der Waals surface area contributed by atoms with Crippen molar-refractivity contribution in [3.8, 4) is 78.4 Å². The van der Waals surface area contributed by atoms with Gasteiger partial charge >= 0.3 is 0 Å². The van der Waals surface area contributed by atoms with Gasteiger partial charge in [-0.05, 0) is 91.0 Å². The van der Waals surface area contributed by atoms with E-state index in [4.69, 9.17) is 9.97 Å². The molecule has 1 aliphatic carbocycles. The molecule has 1 unspecified atom stereocenters. The predicted molar refractivity (Wildman–Crippen MR) is 250 cm³/mol. The molecule has 1 atom stereocenters. The van der Waals surface area contributed by atoms with Gasteiger partial charge in [0.25, 0.3) is 0 Å². The highest BCUT2D eigenvalue weighted by molar-refractivity contribution is 6.05. The standard InChI is InChI=1S/C58H40N2/c1-58(44-21-9-4-10-22-44)53-28-16-15-26-49(53)50-34-33-43(37-54(50)58)39-29-31-41(32-30-39)46-35-36-52(48-25-13-12-24-47(46)48)56-38-55(59-57(60-56)42-19-7-3-8-20-42)51-27-14-11-23-45(51)40-17-5-2-6-18-40/h2-38H,1H3. The van der Waals surface area contributed by atoms with Crippen LogP contribution in [0.25, 0.3) is 89.2 Å². The summed E-state index contributed by atoms with van der Waals surface area (Å²) < 4.78 is 0. The van der Waals surface area contributed by atoms with Crippen LogP contribution in [0, 0.1) is 0 Å². The van der Waals surface area contributed by atoms with Crippen LogP contribution in [0.15, 0.2) is 224 Å². The topological polar surface area (TPSA) is 25.8 Å². The molecule has 10 aromatic rings. The van der Waals surface area contributed by atoms with Crippen molar-refractivity contribution in [2.24, 2.45) is 0 Å². The van der Waals surface area contributed by atoms with Crippen LogP contribution in [0.2, 0.25) is 0 Å². The zero-order valence-corrected chi connectivity index (χ0v) is 33.3. The number of aromatic nitrogens is 2. The molecule has 1 aliphatic rings. The summed E-state index contributed by atoms with van der Waals surface area (Å²) in [5.41, 5.74) is 18.4. The first kappa shape index (κ1) is 35.5. The zero-order valence-electron chi connectivity index (χ0n) is 33.3. The minimum atomic E-state index is -0.235. The fourth-order valence-electron chi connectivity index (χ4n) is 9.39. The van der Waals surface area contributed by atoms with Crippen LogP contribution in [0.1, 0.15) is 23.6 Å². The molecular weight excluding hydrogens is 725 g/mol. The van der Waals surface area contributed by atoms with Gasteiger partial charge in [-0.1, -0.05) is 212 Å². The molecule has 1 aromatic heterocycles. The fraction of sp³-hybridized carbons (Fsp3) is 0.0345. The largest absolute Gasteiger partial charge is 0.228 e. The number of rotatable bonds is 7. The Bertz CT molecular complexity index is 3190. The van der Waals surface area contributed by atoms with E-state index in [-0.39, 0.29) is 5.41 Å². The molecule has 0 spiro atoms. The van der Waals surface area contributed by atoms with E-state index >= 15 is 0 Å². The Morgan fingerprint density at radius 3 is 1.48 bits per heavy atom. The molecule has 0 amide bonds. The maximum atomic E-state index is 5.26. The van der Waals surface area contributed by atoms with Crippen molar-refractivity contribution in [1.82, 2.24) is 9.97 Å². The third-order valence-corrected chi connectivity index (χ3v) is 12.4.